The van der Waals surface area contributed by atoms with Crippen LogP contribution in [-0.2, 0) is 19.5 Å². The summed E-state index contributed by atoms with van der Waals surface area (Å²) in [5, 5.41) is 0.560. The first kappa shape index (κ1) is 14.1. The van der Waals surface area contributed by atoms with Crippen LogP contribution in [0, 0.1) is 6.92 Å². The Bertz CT molecular complexity index is 693. The fourth-order valence-electron chi connectivity index (χ4n) is 2.91. The summed E-state index contributed by atoms with van der Waals surface area (Å²) in [5.41, 5.74) is 15.6. The minimum Gasteiger partial charge on any atom is -0.390 e. The number of amides is 1. The van der Waals surface area contributed by atoms with Gasteiger partial charge in [0.05, 0.1) is 10.6 Å². The van der Waals surface area contributed by atoms with Crippen LogP contribution in [0.2, 0.25) is 0 Å². The Morgan fingerprint density at radius 1 is 1.38 bits per heavy atom. The molecule has 0 aliphatic carbocycles. The van der Waals surface area contributed by atoms with E-state index < -0.39 is 5.91 Å². The first-order valence-electron chi connectivity index (χ1n) is 7.03. The van der Waals surface area contributed by atoms with Gasteiger partial charge < -0.3 is 11.5 Å². The van der Waals surface area contributed by atoms with E-state index in [1.807, 2.05) is 0 Å². The molecule has 110 valence electrons. The summed E-state index contributed by atoms with van der Waals surface area (Å²) >= 11 is 1.50. The summed E-state index contributed by atoms with van der Waals surface area (Å²) in [5.74, 6) is -0.405. The second-order valence-corrected chi connectivity index (χ2v) is 6.63. The van der Waals surface area contributed by atoms with E-state index in [-0.39, 0.29) is 0 Å². The quantitative estimate of drug-likeness (QED) is 0.913. The van der Waals surface area contributed by atoms with Crippen molar-refractivity contribution in [2.24, 2.45) is 5.73 Å². The first-order chi connectivity index (χ1) is 10.1. The van der Waals surface area contributed by atoms with E-state index in [2.05, 4.69) is 36.1 Å². The highest BCUT2D eigenvalue weighted by molar-refractivity contribution is 7.16. The molecule has 0 bridgehead atoms. The van der Waals surface area contributed by atoms with Crippen molar-refractivity contribution in [2.75, 3.05) is 12.3 Å². The number of rotatable bonds is 3. The number of hydrogen-bond acceptors (Lipinski definition) is 4. The summed E-state index contributed by atoms with van der Waals surface area (Å²) in [6.45, 7) is 4.83. The fourth-order valence-corrected chi connectivity index (χ4v) is 4.08. The summed E-state index contributed by atoms with van der Waals surface area (Å²) in [6, 6.07) is 8.44. The van der Waals surface area contributed by atoms with Crippen molar-refractivity contribution in [3.05, 3.63) is 51.4 Å². The molecule has 0 saturated carbocycles. The largest absolute Gasteiger partial charge is 0.390 e. The van der Waals surface area contributed by atoms with E-state index in [9.17, 15) is 4.79 Å². The third-order valence-corrected chi connectivity index (χ3v) is 5.11. The van der Waals surface area contributed by atoms with Gasteiger partial charge >= 0.3 is 0 Å². The molecule has 0 radical (unpaired) electrons. The maximum Gasteiger partial charge on any atom is 0.251 e. The van der Waals surface area contributed by atoms with E-state index >= 15 is 0 Å². The van der Waals surface area contributed by atoms with Gasteiger partial charge in [0.1, 0.15) is 0 Å². The lowest BCUT2D eigenvalue weighted by Gasteiger charge is -2.27. The van der Waals surface area contributed by atoms with Gasteiger partial charge in [0.25, 0.3) is 5.91 Å². The van der Waals surface area contributed by atoms with Crippen molar-refractivity contribution >= 4 is 22.2 Å². The maximum absolute atomic E-state index is 11.5. The van der Waals surface area contributed by atoms with E-state index in [0.717, 1.165) is 31.6 Å². The highest BCUT2D eigenvalue weighted by Gasteiger charge is 2.25. The van der Waals surface area contributed by atoms with Crippen molar-refractivity contribution in [3.8, 4) is 0 Å². The summed E-state index contributed by atoms with van der Waals surface area (Å²) in [7, 11) is 0. The number of carbonyl (C=O) groups excluding carboxylic acids is 1. The molecule has 4 nitrogen and oxygen atoms in total. The average Bonchev–Trinajstić information content (AvgIpc) is 2.76. The standard InChI is InChI=1S/C16H19N3OS/c1-10-4-2-3-5-11(10)8-19-7-6-12-13(9-19)21-16(18)14(12)15(17)20/h2-5H,6-9,18H2,1H3,(H2,17,20). The molecule has 0 atom stereocenters. The molecule has 5 heteroatoms. The summed E-state index contributed by atoms with van der Waals surface area (Å²) < 4.78 is 0. The van der Waals surface area contributed by atoms with Crippen molar-refractivity contribution < 1.29 is 4.79 Å². The van der Waals surface area contributed by atoms with Crippen LogP contribution in [0.4, 0.5) is 5.00 Å². The van der Waals surface area contributed by atoms with Crippen LogP contribution < -0.4 is 11.5 Å². The van der Waals surface area contributed by atoms with Crippen molar-refractivity contribution in [2.45, 2.75) is 26.4 Å². The lowest BCUT2D eigenvalue weighted by molar-refractivity contribution is 0.1000. The van der Waals surface area contributed by atoms with Crippen LogP contribution in [0.15, 0.2) is 24.3 Å². The average molecular weight is 301 g/mol. The number of carbonyl (C=O) groups is 1. The van der Waals surface area contributed by atoms with Crippen LogP contribution in [-0.4, -0.2) is 17.4 Å². The highest BCUT2D eigenvalue weighted by Crippen LogP contribution is 2.35. The fraction of sp³-hybridized carbons (Fsp3) is 0.312. The molecule has 1 amide bonds. The number of benzene rings is 1. The normalized spacial score (nSPS) is 14.9. The number of fused-ring (bicyclic) bond motifs is 1. The number of nitrogens with two attached hydrogens (primary N) is 2. The highest BCUT2D eigenvalue weighted by atomic mass is 32.1. The Balaban J connectivity index is 1.81. The third-order valence-electron chi connectivity index (χ3n) is 4.06. The third kappa shape index (κ3) is 2.66. The number of anilines is 1. The number of nitrogen functional groups attached to an aromatic ring is 1. The minimum absolute atomic E-state index is 0.405. The minimum atomic E-state index is -0.405. The molecule has 3 rings (SSSR count). The smallest absolute Gasteiger partial charge is 0.251 e. The molecule has 0 fully saturated rings. The second kappa shape index (κ2) is 5.50. The zero-order valence-corrected chi connectivity index (χ0v) is 12.9. The van der Waals surface area contributed by atoms with Crippen molar-refractivity contribution in [1.29, 1.82) is 0 Å². The van der Waals surface area contributed by atoms with Gasteiger partial charge in [0.2, 0.25) is 0 Å². The van der Waals surface area contributed by atoms with Gasteiger partial charge in [0.15, 0.2) is 0 Å². The molecule has 0 unspecified atom stereocenters. The molecular formula is C16H19N3OS. The molecule has 2 heterocycles. The number of thiophene rings is 1. The molecule has 21 heavy (non-hydrogen) atoms. The van der Waals surface area contributed by atoms with E-state index in [1.54, 1.807) is 0 Å². The molecular weight excluding hydrogens is 282 g/mol. The Labute approximate surface area is 128 Å². The molecule has 1 aliphatic rings. The van der Waals surface area contributed by atoms with Crippen molar-refractivity contribution in [1.82, 2.24) is 4.90 Å². The second-order valence-electron chi connectivity index (χ2n) is 5.49. The van der Waals surface area contributed by atoms with E-state index in [4.69, 9.17) is 11.5 Å². The lowest BCUT2D eigenvalue weighted by Crippen LogP contribution is -2.30. The van der Waals surface area contributed by atoms with E-state index in [1.165, 1.54) is 27.3 Å². The number of primary amides is 1. The molecule has 4 N–H and O–H groups in total. The Morgan fingerprint density at radius 3 is 2.86 bits per heavy atom. The van der Waals surface area contributed by atoms with Gasteiger partial charge in [-0.05, 0) is 30.0 Å². The molecule has 1 aromatic carbocycles. The Hall–Kier alpha value is -1.85. The SMILES string of the molecule is Cc1ccccc1CN1CCc2c(sc(N)c2C(N)=O)C1. The Morgan fingerprint density at radius 2 is 2.14 bits per heavy atom. The molecule has 2 aromatic rings. The van der Waals surface area contributed by atoms with Crippen LogP contribution in [0.3, 0.4) is 0 Å². The van der Waals surface area contributed by atoms with Crippen LogP contribution >= 0.6 is 11.3 Å². The van der Waals surface area contributed by atoms with Gasteiger partial charge in [-0.1, -0.05) is 24.3 Å². The van der Waals surface area contributed by atoms with Crippen LogP contribution in [0.25, 0.3) is 0 Å². The predicted octanol–water partition coefficient (Wildman–Crippen LogP) is 2.30. The Kier molecular flexibility index (Phi) is 3.69. The number of hydrogen-bond donors (Lipinski definition) is 2. The van der Waals surface area contributed by atoms with Gasteiger partial charge in [0, 0.05) is 24.5 Å². The van der Waals surface area contributed by atoms with E-state index in [0.29, 0.717) is 10.6 Å². The zero-order valence-electron chi connectivity index (χ0n) is 12.1. The molecule has 1 aromatic heterocycles. The van der Waals surface area contributed by atoms with Crippen LogP contribution in [0.1, 0.15) is 31.9 Å². The van der Waals surface area contributed by atoms with Gasteiger partial charge in [-0.15, -0.1) is 11.3 Å². The first-order valence-corrected chi connectivity index (χ1v) is 7.84. The monoisotopic (exact) mass is 301 g/mol. The number of aryl methyl sites for hydroxylation is 1. The van der Waals surface area contributed by atoms with Gasteiger partial charge in [-0.3, -0.25) is 9.69 Å². The molecule has 0 spiro atoms. The van der Waals surface area contributed by atoms with Gasteiger partial charge in [-0.25, -0.2) is 0 Å². The predicted molar refractivity (Wildman–Crippen MR) is 86.2 cm³/mol. The lowest BCUT2D eigenvalue weighted by atomic mass is 10.0. The summed E-state index contributed by atoms with van der Waals surface area (Å²) in [4.78, 5) is 15.1. The molecule has 1 aliphatic heterocycles. The maximum atomic E-state index is 11.5. The topological polar surface area (TPSA) is 72.3 Å². The van der Waals surface area contributed by atoms with Crippen molar-refractivity contribution in [3.63, 3.8) is 0 Å². The molecule has 0 saturated heterocycles. The summed E-state index contributed by atoms with van der Waals surface area (Å²) in [6.07, 6.45) is 0.840. The number of nitrogens with zero attached hydrogens (tertiary/aromatic N) is 1. The zero-order chi connectivity index (χ0) is 15.0. The van der Waals surface area contributed by atoms with Gasteiger partial charge in [-0.2, -0.15) is 0 Å². The van der Waals surface area contributed by atoms with Crippen LogP contribution in [0.5, 0.6) is 0 Å².